The lowest BCUT2D eigenvalue weighted by Crippen LogP contribution is -2.49. The first-order chi connectivity index (χ1) is 17.9. The number of rotatable bonds is 9. The zero-order valence-electron chi connectivity index (χ0n) is 23.3. The number of benzene rings is 1. The largest absolute Gasteiger partial charge is 0.487 e. The van der Waals surface area contributed by atoms with Crippen LogP contribution in [0.2, 0.25) is 0 Å². The number of hydrogen-bond donors (Lipinski definition) is 2. The van der Waals surface area contributed by atoms with Crippen LogP contribution >= 0.6 is 0 Å². The highest BCUT2D eigenvalue weighted by Gasteiger charge is 2.31. The van der Waals surface area contributed by atoms with Crippen LogP contribution in [0.25, 0.3) is 11.0 Å². The second-order valence-corrected chi connectivity index (χ2v) is 11.5. The zero-order valence-corrected chi connectivity index (χ0v) is 23.3. The molecule has 1 fully saturated rings. The molecular weight excluding hydrogens is 488 g/mol. The fourth-order valence-corrected chi connectivity index (χ4v) is 5.07. The fraction of sp³-hybridized carbons (Fsp3) is 0.621. The first-order valence-corrected chi connectivity index (χ1v) is 13.6. The Balaban J connectivity index is 1.53. The Hall–Kier alpha value is -3.07. The summed E-state index contributed by atoms with van der Waals surface area (Å²) in [4.78, 5) is 38.3. The van der Waals surface area contributed by atoms with Crippen LogP contribution in [0.5, 0.6) is 11.5 Å². The van der Waals surface area contributed by atoms with E-state index in [1.165, 1.54) is 0 Å². The number of carbonyl (C=O) groups excluding carboxylic acids is 2. The number of fused-ring (bicyclic) bond motifs is 3. The number of ether oxygens (including phenoxy) is 3. The van der Waals surface area contributed by atoms with Gasteiger partial charge in [-0.1, -0.05) is 13.8 Å². The van der Waals surface area contributed by atoms with Gasteiger partial charge >= 0.3 is 5.63 Å². The molecule has 3 heterocycles. The molecule has 9 heteroatoms. The number of amides is 2. The molecule has 208 valence electrons. The van der Waals surface area contributed by atoms with Crippen molar-refractivity contribution in [2.75, 3.05) is 19.8 Å². The molecule has 1 aromatic carbocycles. The van der Waals surface area contributed by atoms with Crippen molar-refractivity contribution < 1.29 is 28.2 Å². The minimum Gasteiger partial charge on any atom is -0.487 e. The maximum atomic E-state index is 13.0. The van der Waals surface area contributed by atoms with E-state index in [1.807, 2.05) is 34.6 Å². The number of aryl methyl sites for hydroxylation is 2. The molecule has 1 aromatic heterocycles. The smallest absolute Gasteiger partial charge is 0.339 e. The van der Waals surface area contributed by atoms with Gasteiger partial charge in [-0.3, -0.25) is 9.59 Å². The van der Waals surface area contributed by atoms with Gasteiger partial charge in [-0.05, 0) is 71.3 Å². The molecule has 2 aliphatic rings. The third-order valence-corrected chi connectivity index (χ3v) is 7.35. The lowest BCUT2D eigenvalue weighted by Gasteiger charge is -2.33. The molecule has 0 bridgehead atoms. The molecule has 2 N–H and O–H groups in total. The van der Waals surface area contributed by atoms with Crippen molar-refractivity contribution in [3.05, 3.63) is 33.2 Å². The molecule has 0 saturated carbocycles. The number of nitrogens with one attached hydrogen (secondary N) is 2. The second-order valence-electron chi connectivity index (χ2n) is 11.5. The van der Waals surface area contributed by atoms with E-state index in [2.05, 4.69) is 10.6 Å². The van der Waals surface area contributed by atoms with E-state index in [-0.39, 0.29) is 30.1 Å². The van der Waals surface area contributed by atoms with Crippen molar-refractivity contribution >= 4 is 22.8 Å². The summed E-state index contributed by atoms with van der Waals surface area (Å²) in [5, 5.41) is 6.40. The standard InChI is InChI=1S/C29H40N2O7/c1-16(2)12-21(27(33)30-14-19-8-7-11-35-19)31-24(32)15-36-23-13-22-20(9-10-29(5,6)38-22)26-25(23)17(3)18(4)28(34)37-26/h13,16,19,21H,7-12,14-15H2,1-6H3,(H,30,33)(H,31,32)/t19-,21+/m1/s1. The van der Waals surface area contributed by atoms with Gasteiger partial charge in [0.2, 0.25) is 5.91 Å². The summed E-state index contributed by atoms with van der Waals surface area (Å²) < 4.78 is 23.5. The molecule has 38 heavy (non-hydrogen) atoms. The molecule has 2 aliphatic heterocycles. The monoisotopic (exact) mass is 528 g/mol. The minimum absolute atomic E-state index is 0.0221. The zero-order chi connectivity index (χ0) is 27.6. The molecule has 4 rings (SSSR count). The summed E-state index contributed by atoms with van der Waals surface area (Å²) in [7, 11) is 0. The summed E-state index contributed by atoms with van der Waals surface area (Å²) in [6.45, 7) is 12.4. The van der Waals surface area contributed by atoms with Gasteiger partial charge in [-0.25, -0.2) is 4.79 Å². The molecule has 2 amide bonds. The van der Waals surface area contributed by atoms with Crippen LogP contribution in [-0.2, 0) is 20.7 Å². The van der Waals surface area contributed by atoms with E-state index < -0.39 is 17.6 Å². The van der Waals surface area contributed by atoms with Gasteiger partial charge in [0.15, 0.2) is 6.61 Å². The molecule has 0 spiro atoms. The van der Waals surface area contributed by atoms with E-state index in [0.29, 0.717) is 54.0 Å². The first kappa shape index (κ1) is 28.0. The summed E-state index contributed by atoms with van der Waals surface area (Å²) in [6.07, 6.45) is 3.91. The topological polar surface area (TPSA) is 116 Å². The van der Waals surface area contributed by atoms with E-state index in [4.69, 9.17) is 18.6 Å². The maximum absolute atomic E-state index is 13.0. The lowest BCUT2D eigenvalue weighted by molar-refractivity contribution is -0.130. The van der Waals surface area contributed by atoms with Crippen LogP contribution in [0.4, 0.5) is 0 Å². The average Bonchev–Trinajstić information content (AvgIpc) is 3.36. The van der Waals surface area contributed by atoms with Gasteiger partial charge in [-0.15, -0.1) is 0 Å². The van der Waals surface area contributed by atoms with Crippen LogP contribution in [0, 0.1) is 19.8 Å². The molecule has 1 saturated heterocycles. The highest BCUT2D eigenvalue weighted by molar-refractivity contribution is 5.93. The predicted molar refractivity (Wildman–Crippen MR) is 144 cm³/mol. The Kier molecular flexibility index (Phi) is 8.35. The van der Waals surface area contributed by atoms with Gasteiger partial charge in [-0.2, -0.15) is 0 Å². The van der Waals surface area contributed by atoms with Gasteiger partial charge in [0.25, 0.3) is 5.91 Å². The Morgan fingerprint density at radius 2 is 1.97 bits per heavy atom. The Morgan fingerprint density at radius 3 is 2.66 bits per heavy atom. The van der Waals surface area contributed by atoms with Crippen molar-refractivity contribution in [2.45, 2.75) is 91.4 Å². The van der Waals surface area contributed by atoms with Crippen molar-refractivity contribution in [3.63, 3.8) is 0 Å². The normalized spacial score (nSPS) is 19.1. The Labute approximate surface area is 223 Å². The van der Waals surface area contributed by atoms with Crippen molar-refractivity contribution in [3.8, 4) is 11.5 Å². The highest BCUT2D eigenvalue weighted by Crippen LogP contribution is 2.43. The summed E-state index contributed by atoms with van der Waals surface area (Å²) >= 11 is 0. The SMILES string of the molecule is Cc1c(C)c2c(OCC(=O)N[C@@H](CC(C)C)C(=O)NC[C@H]3CCCO3)cc3c(c2oc1=O)CCC(C)(C)O3. The van der Waals surface area contributed by atoms with Crippen LogP contribution in [0.3, 0.4) is 0 Å². The third-order valence-electron chi connectivity index (χ3n) is 7.35. The van der Waals surface area contributed by atoms with Crippen LogP contribution in [0.1, 0.15) is 70.1 Å². The molecular formula is C29H40N2O7. The molecule has 2 atom stereocenters. The van der Waals surface area contributed by atoms with Crippen molar-refractivity contribution in [1.82, 2.24) is 10.6 Å². The van der Waals surface area contributed by atoms with Gasteiger partial charge < -0.3 is 29.3 Å². The average molecular weight is 529 g/mol. The lowest BCUT2D eigenvalue weighted by atomic mass is 9.92. The first-order valence-electron chi connectivity index (χ1n) is 13.6. The van der Waals surface area contributed by atoms with Crippen LogP contribution in [0.15, 0.2) is 15.3 Å². The maximum Gasteiger partial charge on any atom is 0.339 e. The molecule has 0 aliphatic carbocycles. The molecule has 9 nitrogen and oxygen atoms in total. The minimum atomic E-state index is -0.682. The molecule has 0 unspecified atom stereocenters. The highest BCUT2D eigenvalue weighted by atomic mass is 16.5. The van der Waals surface area contributed by atoms with Crippen LogP contribution < -0.4 is 25.7 Å². The van der Waals surface area contributed by atoms with Gasteiger partial charge in [0.1, 0.15) is 28.7 Å². The molecule has 2 aromatic rings. The van der Waals surface area contributed by atoms with Crippen LogP contribution in [-0.4, -0.2) is 49.3 Å². The quantitative estimate of drug-likeness (QED) is 0.477. The third kappa shape index (κ3) is 6.31. The number of hydrogen-bond acceptors (Lipinski definition) is 7. The molecule has 0 radical (unpaired) electrons. The van der Waals surface area contributed by atoms with Crippen molar-refractivity contribution in [2.24, 2.45) is 5.92 Å². The summed E-state index contributed by atoms with van der Waals surface area (Å²) in [5.74, 6) is 0.543. The van der Waals surface area contributed by atoms with Gasteiger partial charge in [0.05, 0.1) is 11.5 Å². The summed E-state index contributed by atoms with van der Waals surface area (Å²) in [5.41, 5.74) is 1.72. The van der Waals surface area contributed by atoms with Crippen molar-refractivity contribution in [1.29, 1.82) is 0 Å². The van der Waals surface area contributed by atoms with E-state index in [1.54, 1.807) is 13.0 Å². The predicted octanol–water partition coefficient (Wildman–Crippen LogP) is 3.72. The summed E-state index contributed by atoms with van der Waals surface area (Å²) in [6, 6.07) is 1.09. The fourth-order valence-electron chi connectivity index (χ4n) is 5.07. The Bertz CT molecular complexity index is 1260. The van der Waals surface area contributed by atoms with E-state index in [0.717, 1.165) is 30.4 Å². The Morgan fingerprint density at radius 1 is 1.21 bits per heavy atom. The second kappa shape index (κ2) is 11.4. The van der Waals surface area contributed by atoms with E-state index >= 15 is 0 Å². The van der Waals surface area contributed by atoms with E-state index in [9.17, 15) is 14.4 Å². The number of carbonyl (C=O) groups is 2. The van der Waals surface area contributed by atoms with Gasteiger partial charge in [0, 0.05) is 30.3 Å².